The summed E-state index contributed by atoms with van der Waals surface area (Å²) in [6.45, 7) is 2.09. The smallest absolute Gasteiger partial charge is 0.227 e. The number of para-hydroxylation sites is 2. The van der Waals surface area contributed by atoms with Gasteiger partial charge in [-0.2, -0.15) is 0 Å². The van der Waals surface area contributed by atoms with Crippen LogP contribution in [0, 0.1) is 0 Å². The lowest BCUT2D eigenvalue weighted by Gasteiger charge is -2.18. The first-order valence-corrected chi connectivity index (χ1v) is 13.2. The van der Waals surface area contributed by atoms with Gasteiger partial charge in [0.25, 0.3) is 0 Å². The number of hydrogen-bond acceptors (Lipinski definition) is 3. The number of imidazole rings is 1. The number of amides is 1. The number of aryl methyl sites for hydroxylation is 1. The van der Waals surface area contributed by atoms with Gasteiger partial charge in [0.2, 0.25) is 5.91 Å². The van der Waals surface area contributed by atoms with Crippen LogP contribution < -0.4 is 9.64 Å². The zero-order valence-corrected chi connectivity index (χ0v) is 21.3. The molecule has 1 saturated heterocycles. The Hall–Kier alpha value is -3.83. The van der Waals surface area contributed by atoms with Gasteiger partial charge in [0.05, 0.1) is 17.6 Å². The summed E-state index contributed by atoms with van der Waals surface area (Å²) in [5, 5.41) is 2.96. The molecule has 5 nitrogen and oxygen atoms in total. The van der Waals surface area contributed by atoms with Gasteiger partial charge < -0.3 is 14.2 Å². The highest BCUT2D eigenvalue weighted by Gasteiger charge is 2.34. The Morgan fingerprint density at radius 3 is 2.65 bits per heavy atom. The lowest BCUT2D eigenvalue weighted by atomic mass is 10.1. The van der Waals surface area contributed by atoms with E-state index in [0.717, 1.165) is 53.1 Å². The van der Waals surface area contributed by atoms with Crippen LogP contribution in [0.1, 0.15) is 31.0 Å². The van der Waals surface area contributed by atoms with Gasteiger partial charge in [0.1, 0.15) is 11.6 Å². The second-order valence-corrected chi connectivity index (χ2v) is 9.96. The van der Waals surface area contributed by atoms with Crippen molar-refractivity contribution in [2.75, 3.05) is 18.1 Å². The minimum atomic E-state index is 0.0332. The molecule has 0 saturated carbocycles. The molecular weight excluding hydrogens is 482 g/mol. The summed E-state index contributed by atoms with van der Waals surface area (Å²) >= 11 is 6.19. The molecule has 4 aromatic carbocycles. The van der Waals surface area contributed by atoms with Crippen molar-refractivity contribution in [1.29, 1.82) is 0 Å². The minimum Gasteiger partial charge on any atom is -0.493 e. The van der Waals surface area contributed by atoms with E-state index in [1.54, 1.807) is 0 Å². The number of anilines is 1. The van der Waals surface area contributed by atoms with Gasteiger partial charge in [-0.25, -0.2) is 4.98 Å². The maximum absolute atomic E-state index is 13.0. The molecule has 1 atom stereocenters. The number of aromatic nitrogens is 2. The highest BCUT2D eigenvalue weighted by Crippen LogP contribution is 2.34. The molecule has 1 fully saturated rings. The van der Waals surface area contributed by atoms with Crippen molar-refractivity contribution in [3.8, 4) is 5.75 Å². The van der Waals surface area contributed by atoms with Gasteiger partial charge in [-0.1, -0.05) is 66.2 Å². The van der Waals surface area contributed by atoms with Crippen molar-refractivity contribution in [2.45, 2.75) is 31.7 Å². The van der Waals surface area contributed by atoms with E-state index < -0.39 is 0 Å². The van der Waals surface area contributed by atoms with E-state index >= 15 is 0 Å². The van der Waals surface area contributed by atoms with Crippen LogP contribution >= 0.6 is 11.6 Å². The molecule has 0 radical (unpaired) electrons. The van der Waals surface area contributed by atoms with Crippen molar-refractivity contribution < 1.29 is 9.53 Å². The highest BCUT2D eigenvalue weighted by molar-refractivity contribution is 6.30. The molecule has 0 spiro atoms. The van der Waals surface area contributed by atoms with Crippen LogP contribution in [-0.2, 0) is 11.3 Å². The maximum Gasteiger partial charge on any atom is 0.227 e. The summed E-state index contributed by atoms with van der Waals surface area (Å²) in [6, 6.07) is 30.2. The fraction of sp³-hybridized carbons (Fsp3) is 0.226. The van der Waals surface area contributed by atoms with Crippen molar-refractivity contribution in [3.05, 3.63) is 102 Å². The fourth-order valence-electron chi connectivity index (χ4n) is 5.29. The maximum atomic E-state index is 13.0. The highest BCUT2D eigenvalue weighted by atomic mass is 35.5. The number of rotatable bonds is 8. The van der Waals surface area contributed by atoms with Gasteiger partial charge in [-0.05, 0) is 54.6 Å². The number of hydrogen-bond donors (Lipinski definition) is 0. The van der Waals surface area contributed by atoms with Gasteiger partial charge in [0.15, 0.2) is 0 Å². The second kappa shape index (κ2) is 10.3. The minimum absolute atomic E-state index is 0.0332. The Balaban J connectivity index is 1.16. The first-order chi connectivity index (χ1) is 18.2. The van der Waals surface area contributed by atoms with Crippen molar-refractivity contribution in [3.63, 3.8) is 0 Å². The van der Waals surface area contributed by atoms with E-state index in [9.17, 15) is 4.79 Å². The summed E-state index contributed by atoms with van der Waals surface area (Å²) < 4.78 is 8.45. The molecule has 37 heavy (non-hydrogen) atoms. The largest absolute Gasteiger partial charge is 0.493 e. The predicted molar refractivity (Wildman–Crippen MR) is 150 cm³/mol. The first kappa shape index (κ1) is 23.6. The summed E-state index contributed by atoms with van der Waals surface area (Å²) in [7, 11) is 0. The topological polar surface area (TPSA) is 47.4 Å². The number of fused-ring (bicyclic) bond motifs is 2. The third kappa shape index (κ3) is 4.79. The molecular formula is C31H28ClN3O2. The standard InChI is InChI=1S/C31H28ClN3O2/c32-24-11-8-12-25(20-24)35-21-23(19-30(35)36)31-33-27-14-3-4-15-28(27)34(31)17-5-6-18-37-29-16-7-10-22-9-1-2-13-26(22)29/h1-4,7-16,20,23H,5-6,17-19,21H2. The summed E-state index contributed by atoms with van der Waals surface area (Å²) in [5.41, 5.74) is 2.92. The van der Waals surface area contributed by atoms with Crippen LogP contribution in [0.5, 0.6) is 5.75 Å². The molecule has 1 unspecified atom stereocenters. The normalized spacial score (nSPS) is 15.6. The zero-order chi connectivity index (χ0) is 25.2. The number of carbonyl (C=O) groups excluding carboxylic acids is 1. The Morgan fingerprint density at radius 2 is 1.73 bits per heavy atom. The lowest BCUT2D eigenvalue weighted by Crippen LogP contribution is -2.24. The SMILES string of the molecule is O=C1CC(c2nc3ccccc3n2CCCCOc2cccc3ccccc23)CN1c1cccc(Cl)c1. The van der Waals surface area contributed by atoms with E-state index in [0.29, 0.717) is 24.6 Å². The van der Waals surface area contributed by atoms with Crippen LogP contribution in [0.4, 0.5) is 5.69 Å². The third-order valence-electron chi connectivity index (χ3n) is 7.08. The molecule has 1 amide bonds. The molecule has 2 heterocycles. The zero-order valence-electron chi connectivity index (χ0n) is 20.5. The summed E-state index contributed by atoms with van der Waals surface area (Å²) in [6.07, 6.45) is 2.32. The number of unbranched alkanes of at least 4 members (excludes halogenated alkanes) is 1. The van der Waals surface area contributed by atoms with Crippen LogP contribution in [0.2, 0.25) is 5.02 Å². The number of benzene rings is 4. The van der Waals surface area contributed by atoms with Crippen molar-refractivity contribution >= 4 is 45.0 Å². The molecule has 6 rings (SSSR count). The van der Waals surface area contributed by atoms with Gasteiger partial charge in [-0.15, -0.1) is 0 Å². The van der Waals surface area contributed by atoms with E-state index in [-0.39, 0.29) is 11.8 Å². The predicted octanol–water partition coefficient (Wildman–Crippen LogP) is 7.22. The molecule has 5 aromatic rings. The van der Waals surface area contributed by atoms with Crippen molar-refractivity contribution in [2.24, 2.45) is 0 Å². The monoisotopic (exact) mass is 509 g/mol. The van der Waals surface area contributed by atoms with E-state index in [2.05, 4.69) is 28.8 Å². The molecule has 1 aliphatic rings. The van der Waals surface area contributed by atoms with E-state index in [4.69, 9.17) is 21.3 Å². The molecule has 1 aliphatic heterocycles. The van der Waals surface area contributed by atoms with Gasteiger partial charge >= 0.3 is 0 Å². The van der Waals surface area contributed by atoms with Crippen LogP contribution in [0.25, 0.3) is 21.8 Å². The quantitative estimate of drug-likeness (QED) is 0.207. The lowest BCUT2D eigenvalue weighted by molar-refractivity contribution is -0.117. The van der Waals surface area contributed by atoms with Gasteiger partial charge in [-0.3, -0.25) is 4.79 Å². The Bertz CT molecular complexity index is 1570. The average molecular weight is 510 g/mol. The van der Waals surface area contributed by atoms with E-state index in [1.807, 2.05) is 71.6 Å². The number of carbonyl (C=O) groups is 1. The Morgan fingerprint density at radius 1 is 0.919 bits per heavy atom. The second-order valence-electron chi connectivity index (χ2n) is 9.53. The average Bonchev–Trinajstić information content (AvgIpc) is 3.49. The molecule has 0 bridgehead atoms. The third-order valence-corrected chi connectivity index (χ3v) is 7.31. The number of nitrogens with zero attached hydrogens (tertiary/aromatic N) is 3. The van der Waals surface area contributed by atoms with Crippen molar-refractivity contribution in [1.82, 2.24) is 9.55 Å². The molecule has 0 N–H and O–H groups in total. The number of ether oxygens (including phenoxy) is 1. The van der Waals surface area contributed by atoms with Crippen LogP contribution in [0.15, 0.2) is 91.0 Å². The van der Waals surface area contributed by atoms with Gasteiger partial charge in [0, 0.05) is 41.5 Å². The first-order valence-electron chi connectivity index (χ1n) is 12.8. The molecule has 0 aliphatic carbocycles. The molecule has 6 heteroatoms. The van der Waals surface area contributed by atoms with Crippen LogP contribution in [0.3, 0.4) is 0 Å². The molecule has 1 aromatic heterocycles. The van der Waals surface area contributed by atoms with E-state index in [1.165, 1.54) is 5.39 Å². The Kier molecular flexibility index (Phi) is 6.54. The molecule has 186 valence electrons. The van der Waals surface area contributed by atoms with Crippen LogP contribution in [-0.4, -0.2) is 28.6 Å². The summed E-state index contributed by atoms with van der Waals surface area (Å²) in [5.74, 6) is 2.05. The fourth-order valence-corrected chi connectivity index (χ4v) is 5.48. The Labute approximate surface area is 221 Å². The number of halogens is 1. The summed E-state index contributed by atoms with van der Waals surface area (Å²) in [4.78, 5) is 19.8.